The Hall–Kier alpha value is -1.05. The second-order valence-corrected chi connectivity index (χ2v) is 3.25. The molecule has 1 atom stereocenters. The first kappa shape index (κ1) is 10.0. The van der Waals surface area contributed by atoms with Crippen LogP contribution in [0, 0.1) is 5.92 Å². The summed E-state index contributed by atoms with van der Waals surface area (Å²) in [6, 6.07) is 0. The van der Waals surface area contributed by atoms with Gasteiger partial charge in [-0.1, -0.05) is 24.3 Å². The fraction of sp³-hybridized carbons (Fsp3) is 0.545. The highest BCUT2D eigenvalue weighted by Gasteiger charge is 2.10. The van der Waals surface area contributed by atoms with Crippen molar-refractivity contribution in [2.24, 2.45) is 5.92 Å². The summed E-state index contributed by atoms with van der Waals surface area (Å²) in [6.07, 6.45) is 12.2. The Morgan fingerprint density at radius 3 is 2.92 bits per heavy atom. The van der Waals surface area contributed by atoms with Gasteiger partial charge in [0.05, 0.1) is 13.5 Å². The third kappa shape index (κ3) is 3.92. The lowest BCUT2D eigenvalue weighted by atomic mass is 9.98. The van der Waals surface area contributed by atoms with E-state index < -0.39 is 0 Å². The van der Waals surface area contributed by atoms with Gasteiger partial charge in [-0.2, -0.15) is 0 Å². The van der Waals surface area contributed by atoms with Gasteiger partial charge in [-0.15, -0.1) is 0 Å². The van der Waals surface area contributed by atoms with Crippen molar-refractivity contribution in [3.63, 3.8) is 0 Å². The number of hydrogen-bond acceptors (Lipinski definition) is 2. The van der Waals surface area contributed by atoms with Gasteiger partial charge in [0.25, 0.3) is 0 Å². The SMILES string of the molecule is COC(=O)CC1/C=C\CC/C=C\C1. The smallest absolute Gasteiger partial charge is 0.306 e. The van der Waals surface area contributed by atoms with Crippen molar-refractivity contribution in [1.82, 2.24) is 0 Å². The van der Waals surface area contributed by atoms with Crippen LogP contribution in [-0.4, -0.2) is 13.1 Å². The van der Waals surface area contributed by atoms with E-state index >= 15 is 0 Å². The number of ether oxygens (including phenoxy) is 1. The summed E-state index contributed by atoms with van der Waals surface area (Å²) in [5.74, 6) is 0.202. The Morgan fingerprint density at radius 1 is 1.38 bits per heavy atom. The molecule has 2 heteroatoms. The van der Waals surface area contributed by atoms with Crippen LogP contribution < -0.4 is 0 Å². The molecule has 0 saturated carbocycles. The first-order valence-corrected chi connectivity index (χ1v) is 4.71. The fourth-order valence-electron chi connectivity index (χ4n) is 1.40. The quantitative estimate of drug-likeness (QED) is 0.482. The number of carbonyl (C=O) groups excluding carboxylic acids is 1. The highest BCUT2D eigenvalue weighted by atomic mass is 16.5. The average molecular weight is 180 g/mol. The standard InChI is InChI=1S/C11H16O2/c1-13-11(12)9-10-7-5-3-2-4-6-8-10/h3,5-6,8,10H,2,4,7,9H2,1H3/b5-3-,8-6-. The van der Waals surface area contributed by atoms with Crippen molar-refractivity contribution in [2.75, 3.05) is 7.11 Å². The van der Waals surface area contributed by atoms with Gasteiger partial charge in [0.2, 0.25) is 0 Å². The molecule has 0 heterocycles. The zero-order chi connectivity index (χ0) is 9.52. The molecule has 0 radical (unpaired) electrons. The molecule has 0 bridgehead atoms. The van der Waals surface area contributed by atoms with Crippen LogP contribution in [-0.2, 0) is 9.53 Å². The molecule has 0 aromatic carbocycles. The van der Waals surface area contributed by atoms with Crippen LogP contribution in [0.15, 0.2) is 24.3 Å². The maximum atomic E-state index is 11.0. The van der Waals surface area contributed by atoms with Crippen molar-refractivity contribution < 1.29 is 9.53 Å². The Bertz CT molecular complexity index is 216. The van der Waals surface area contributed by atoms with Crippen molar-refractivity contribution in [1.29, 1.82) is 0 Å². The monoisotopic (exact) mass is 180 g/mol. The summed E-state index contributed by atoms with van der Waals surface area (Å²) in [6.45, 7) is 0. The van der Waals surface area contributed by atoms with E-state index in [2.05, 4.69) is 29.0 Å². The van der Waals surface area contributed by atoms with Crippen molar-refractivity contribution in [3.05, 3.63) is 24.3 Å². The Labute approximate surface area is 79.3 Å². The van der Waals surface area contributed by atoms with Crippen molar-refractivity contribution in [3.8, 4) is 0 Å². The zero-order valence-corrected chi connectivity index (χ0v) is 8.03. The maximum Gasteiger partial charge on any atom is 0.306 e. The molecular weight excluding hydrogens is 164 g/mol. The minimum Gasteiger partial charge on any atom is -0.469 e. The average Bonchev–Trinajstić information content (AvgIpc) is 2.09. The largest absolute Gasteiger partial charge is 0.469 e. The maximum absolute atomic E-state index is 11.0. The van der Waals surface area contributed by atoms with Gasteiger partial charge < -0.3 is 4.74 Å². The summed E-state index contributed by atoms with van der Waals surface area (Å²) in [5.41, 5.74) is 0. The van der Waals surface area contributed by atoms with E-state index in [1.807, 2.05) is 0 Å². The first-order valence-electron chi connectivity index (χ1n) is 4.71. The molecule has 0 fully saturated rings. The van der Waals surface area contributed by atoms with Gasteiger partial charge >= 0.3 is 5.97 Å². The summed E-state index contributed by atoms with van der Waals surface area (Å²) in [7, 11) is 1.44. The van der Waals surface area contributed by atoms with E-state index in [1.54, 1.807) is 0 Å². The number of methoxy groups -OCH3 is 1. The number of rotatable bonds is 2. The zero-order valence-electron chi connectivity index (χ0n) is 8.03. The third-order valence-electron chi connectivity index (χ3n) is 2.17. The van der Waals surface area contributed by atoms with Gasteiger partial charge in [0.1, 0.15) is 0 Å². The summed E-state index contributed by atoms with van der Waals surface area (Å²) in [5, 5.41) is 0. The van der Waals surface area contributed by atoms with Crippen molar-refractivity contribution >= 4 is 5.97 Å². The van der Waals surface area contributed by atoms with Crippen molar-refractivity contribution in [2.45, 2.75) is 25.7 Å². The lowest BCUT2D eigenvalue weighted by Gasteiger charge is -2.09. The van der Waals surface area contributed by atoms with Gasteiger partial charge in [-0.3, -0.25) is 4.79 Å². The van der Waals surface area contributed by atoms with Gasteiger partial charge in [-0.05, 0) is 25.2 Å². The summed E-state index contributed by atoms with van der Waals surface area (Å²) < 4.78 is 4.63. The molecule has 1 rings (SSSR count). The van der Waals surface area contributed by atoms with Crippen LogP contribution in [0.4, 0.5) is 0 Å². The van der Waals surface area contributed by atoms with Crippen LogP contribution in [0.5, 0.6) is 0 Å². The molecule has 1 aliphatic rings. The summed E-state index contributed by atoms with van der Waals surface area (Å²) >= 11 is 0. The van der Waals surface area contributed by atoms with E-state index in [0.717, 1.165) is 19.3 Å². The van der Waals surface area contributed by atoms with E-state index in [4.69, 9.17) is 0 Å². The number of allylic oxidation sites excluding steroid dienone is 4. The second kappa shape index (κ2) is 5.57. The molecule has 0 spiro atoms. The van der Waals surface area contributed by atoms with Crippen LogP contribution >= 0.6 is 0 Å². The molecule has 0 aromatic rings. The predicted octanol–water partition coefficient (Wildman–Crippen LogP) is 2.46. The lowest BCUT2D eigenvalue weighted by molar-refractivity contribution is -0.141. The van der Waals surface area contributed by atoms with E-state index in [9.17, 15) is 4.79 Å². The Morgan fingerprint density at radius 2 is 2.15 bits per heavy atom. The minimum absolute atomic E-state index is 0.122. The van der Waals surface area contributed by atoms with E-state index in [-0.39, 0.29) is 5.97 Å². The fourth-order valence-corrected chi connectivity index (χ4v) is 1.40. The molecule has 0 N–H and O–H groups in total. The molecule has 0 saturated heterocycles. The molecule has 1 aliphatic carbocycles. The molecule has 13 heavy (non-hydrogen) atoms. The number of hydrogen-bond donors (Lipinski definition) is 0. The number of carbonyl (C=O) groups is 1. The topological polar surface area (TPSA) is 26.3 Å². The minimum atomic E-state index is -0.122. The molecular formula is C11H16O2. The van der Waals surface area contributed by atoms with E-state index in [0.29, 0.717) is 12.3 Å². The highest BCUT2D eigenvalue weighted by Crippen LogP contribution is 2.15. The second-order valence-electron chi connectivity index (χ2n) is 3.25. The van der Waals surface area contributed by atoms with Crippen LogP contribution in [0.2, 0.25) is 0 Å². The van der Waals surface area contributed by atoms with Gasteiger partial charge in [0.15, 0.2) is 0 Å². The normalized spacial score (nSPS) is 27.0. The van der Waals surface area contributed by atoms with Crippen LogP contribution in [0.3, 0.4) is 0 Å². The van der Waals surface area contributed by atoms with Crippen LogP contribution in [0.25, 0.3) is 0 Å². The van der Waals surface area contributed by atoms with Gasteiger partial charge in [-0.25, -0.2) is 0 Å². The third-order valence-corrected chi connectivity index (χ3v) is 2.17. The van der Waals surface area contributed by atoms with Crippen LogP contribution in [0.1, 0.15) is 25.7 Å². The summed E-state index contributed by atoms with van der Waals surface area (Å²) in [4.78, 5) is 11.0. The Kier molecular flexibility index (Phi) is 4.30. The molecule has 72 valence electrons. The van der Waals surface area contributed by atoms with E-state index in [1.165, 1.54) is 7.11 Å². The van der Waals surface area contributed by atoms with Gasteiger partial charge in [0, 0.05) is 0 Å². The molecule has 0 aliphatic heterocycles. The first-order chi connectivity index (χ1) is 6.33. The highest BCUT2D eigenvalue weighted by molar-refractivity contribution is 5.69. The predicted molar refractivity (Wildman–Crippen MR) is 52.3 cm³/mol. The Balaban J connectivity index is 2.42. The molecule has 0 amide bonds. The lowest BCUT2D eigenvalue weighted by Crippen LogP contribution is -2.07. The molecule has 2 nitrogen and oxygen atoms in total. The number of esters is 1. The molecule has 1 unspecified atom stereocenters. The molecule has 0 aromatic heterocycles.